The van der Waals surface area contributed by atoms with Gasteiger partial charge in [0.25, 0.3) is 0 Å². The maximum Gasteiger partial charge on any atom is 0.405 e. The van der Waals surface area contributed by atoms with E-state index in [4.69, 9.17) is 11.6 Å². The van der Waals surface area contributed by atoms with E-state index in [0.717, 1.165) is 19.0 Å². The Morgan fingerprint density at radius 2 is 2.10 bits per heavy atom. The summed E-state index contributed by atoms with van der Waals surface area (Å²) in [5.41, 5.74) is 1.04. The third-order valence-electron chi connectivity index (χ3n) is 4.84. The SMILES string of the molecule is O=C(NCC(F)(F)F)[C@@H](CC1CC1)Nc1nc(-c2c[nH]c3ncc(Cl)cc23)ncc1F.[HH].[HH]. The Hall–Kier alpha value is -2.95. The van der Waals surface area contributed by atoms with Crippen LogP contribution in [0.2, 0.25) is 5.02 Å². The van der Waals surface area contributed by atoms with Gasteiger partial charge in [0, 0.05) is 26.2 Å². The van der Waals surface area contributed by atoms with Crippen molar-refractivity contribution >= 4 is 34.4 Å². The Morgan fingerprint density at radius 3 is 2.81 bits per heavy atom. The number of hydrogen-bond donors (Lipinski definition) is 3. The summed E-state index contributed by atoms with van der Waals surface area (Å²) in [5, 5.41) is 5.51. The van der Waals surface area contributed by atoms with Crippen molar-refractivity contribution in [2.75, 3.05) is 11.9 Å². The molecule has 1 saturated carbocycles. The summed E-state index contributed by atoms with van der Waals surface area (Å²) in [7, 11) is 0. The molecule has 31 heavy (non-hydrogen) atoms. The maximum atomic E-state index is 14.4. The van der Waals surface area contributed by atoms with Gasteiger partial charge in [-0.1, -0.05) is 24.4 Å². The van der Waals surface area contributed by atoms with E-state index in [1.54, 1.807) is 12.3 Å². The Bertz CT molecular complexity index is 1130. The smallest absolute Gasteiger partial charge is 0.356 e. The third-order valence-corrected chi connectivity index (χ3v) is 5.05. The lowest BCUT2D eigenvalue weighted by molar-refractivity contribution is -0.138. The molecule has 3 heterocycles. The fraction of sp³-hybridized carbons (Fsp3) is 0.368. The Morgan fingerprint density at radius 1 is 1.32 bits per heavy atom. The molecule has 1 aliphatic carbocycles. The molecule has 0 spiro atoms. The zero-order chi connectivity index (χ0) is 22.2. The molecule has 0 saturated heterocycles. The number of H-pyrrole nitrogens is 1. The topological polar surface area (TPSA) is 95.6 Å². The second-order valence-electron chi connectivity index (χ2n) is 7.35. The third kappa shape index (κ3) is 5.22. The van der Waals surface area contributed by atoms with Crippen molar-refractivity contribution in [3.63, 3.8) is 0 Å². The molecular weight excluding hydrogens is 440 g/mol. The van der Waals surface area contributed by atoms with Crippen LogP contribution in [0.4, 0.5) is 23.4 Å². The summed E-state index contributed by atoms with van der Waals surface area (Å²) in [6.45, 7) is -1.46. The van der Waals surface area contributed by atoms with Crippen molar-refractivity contribution in [3.05, 3.63) is 35.5 Å². The molecule has 168 valence electrons. The zero-order valence-corrected chi connectivity index (χ0v) is 16.7. The van der Waals surface area contributed by atoms with Gasteiger partial charge in [-0.2, -0.15) is 13.2 Å². The number of nitrogens with one attached hydrogen (secondary N) is 3. The number of fused-ring (bicyclic) bond motifs is 1. The van der Waals surface area contributed by atoms with Gasteiger partial charge in [0.05, 0.1) is 11.2 Å². The number of carbonyl (C=O) groups excluding carboxylic acids is 1. The van der Waals surface area contributed by atoms with Gasteiger partial charge in [0.15, 0.2) is 17.5 Å². The molecule has 7 nitrogen and oxygen atoms in total. The van der Waals surface area contributed by atoms with Crippen molar-refractivity contribution in [3.8, 4) is 11.4 Å². The molecule has 0 aliphatic heterocycles. The number of anilines is 1. The van der Waals surface area contributed by atoms with E-state index in [1.165, 1.54) is 6.20 Å². The van der Waals surface area contributed by atoms with Gasteiger partial charge >= 0.3 is 6.18 Å². The number of nitrogens with zero attached hydrogens (tertiary/aromatic N) is 3. The first-order valence-corrected chi connectivity index (χ1v) is 9.84. The lowest BCUT2D eigenvalue weighted by atomic mass is 10.1. The largest absolute Gasteiger partial charge is 0.405 e. The highest BCUT2D eigenvalue weighted by atomic mass is 35.5. The van der Waals surface area contributed by atoms with Crippen LogP contribution in [0.5, 0.6) is 0 Å². The quantitative estimate of drug-likeness (QED) is 0.449. The molecule has 0 aromatic carbocycles. The highest BCUT2D eigenvalue weighted by Crippen LogP contribution is 2.35. The second-order valence-corrected chi connectivity index (χ2v) is 7.79. The van der Waals surface area contributed by atoms with Crippen LogP contribution >= 0.6 is 11.6 Å². The molecule has 1 atom stereocenters. The van der Waals surface area contributed by atoms with E-state index in [0.29, 0.717) is 21.6 Å². The first-order chi connectivity index (χ1) is 14.7. The van der Waals surface area contributed by atoms with Crippen LogP contribution in [0, 0.1) is 11.7 Å². The van der Waals surface area contributed by atoms with Gasteiger partial charge in [-0.3, -0.25) is 4.79 Å². The van der Waals surface area contributed by atoms with Gasteiger partial charge in [-0.05, 0) is 18.4 Å². The molecule has 3 aromatic heterocycles. The molecule has 4 rings (SSSR count). The van der Waals surface area contributed by atoms with Gasteiger partial charge in [0.2, 0.25) is 5.91 Å². The van der Waals surface area contributed by atoms with Gasteiger partial charge in [-0.25, -0.2) is 19.3 Å². The van der Waals surface area contributed by atoms with Gasteiger partial charge < -0.3 is 15.6 Å². The predicted octanol–water partition coefficient (Wildman–Crippen LogP) is 4.56. The highest BCUT2D eigenvalue weighted by Gasteiger charge is 2.33. The van der Waals surface area contributed by atoms with Crippen molar-refractivity contribution in [2.24, 2.45) is 5.92 Å². The maximum absolute atomic E-state index is 14.4. The van der Waals surface area contributed by atoms with Crippen LogP contribution in [0.1, 0.15) is 22.1 Å². The van der Waals surface area contributed by atoms with Gasteiger partial charge in [0.1, 0.15) is 18.2 Å². The summed E-state index contributed by atoms with van der Waals surface area (Å²) in [4.78, 5) is 27.6. The number of halogens is 5. The van der Waals surface area contributed by atoms with Crippen molar-refractivity contribution in [1.82, 2.24) is 25.3 Å². The molecule has 3 aromatic rings. The molecule has 0 radical (unpaired) electrons. The summed E-state index contributed by atoms with van der Waals surface area (Å²) in [5.74, 6) is -1.64. The minimum absolute atomic E-state index is 0. The average molecular weight is 461 g/mol. The number of aromatic amines is 1. The summed E-state index contributed by atoms with van der Waals surface area (Å²) < 4.78 is 51.8. The van der Waals surface area contributed by atoms with E-state index in [2.05, 4.69) is 25.3 Å². The molecule has 3 N–H and O–H groups in total. The fourth-order valence-electron chi connectivity index (χ4n) is 3.15. The molecule has 0 unspecified atom stereocenters. The average Bonchev–Trinajstić information content (AvgIpc) is 3.43. The van der Waals surface area contributed by atoms with E-state index >= 15 is 0 Å². The molecular formula is C19H21ClF4N6O. The number of alkyl halides is 3. The van der Waals surface area contributed by atoms with Crippen LogP contribution in [-0.4, -0.2) is 44.6 Å². The lowest BCUT2D eigenvalue weighted by Crippen LogP contribution is -2.44. The lowest BCUT2D eigenvalue weighted by Gasteiger charge is -2.20. The fourth-order valence-corrected chi connectivity index (χ4v) is 3.31. The summed E-state index contributed by atoms with van der Waals surface area (Å²) in [6, 6.07) is 0.585. The van der Waals surface area contributed by atoms with E-state index in [1.807, 2.05) is 5.32 Å². The standard InChI is InChI=1S/C19H17ClF4N6O.2H2/c20-10-4-11-12(6-26-15(11)25-5-10)16-27-7-13(21)17(30-16)29-14(3-9-1-2-9)18(31)28-8-19(22,23)24;;/h4-7,9,14H,1-3,8H2,(H,25,26)(H,28,31)(H,27,29,30);2*1H/t14-;;/m1../s1. The number of carbonyl (C=O) groups is 1. The molecule has 0 bridgehead atoms. The van der Waals surface area contributed by atoms with Gasteiger partial charge in [-0.15, -0.1) is 0 Å². The van der Waals surface area contributed by atoms with Crippen LogP contribution in [-0.2, 0) is 4.79 Å². The van der Waals surface area contributed by atoms with Crippen molar-refractivity contribution in [2.45, 2.75) is 31.5 Å². The molecule has 12 heteroatoms. The minimum atomic E-state index is -4.54. The van der Waals surface area contributed by atoms with Crippen LogP contribution in [0.25, 0.3) is 22.4 Å². The first kappa shape index (κ1) is 21.3. The number of rotatable bonds is 7. The number of pyridine rings is 1. The number of amides is 1. The van der Waals surface area contributed by atoms with Crippen LogP contribution in [0.15, 0.2) is 24.7 Å². The minimum Gasteiger partial charge on any atom is -0.356 e. The predicted molar refractivity (Wildman–Crippen MR) is 110 cm³/mol. The summed E-state index contributed by atoms with van der Waals surface area (Å²) in [6.07, 6.45) is 1.44. The van der Waals surface area contributed by atoms with Crippen LogP contribution < -0.4 is 10.6 Å². The van der Waals surface area contributed by atoms with Crippen molar-refractivity contribution in [1.29, 1.82) is 0 Å². The number of aromatic nitrogens is 4. The zero-order valence-electron chi connectivity index (χ0n) is 15.9. The second kappa shape index (κ2) is 8.29. The molecule has 1 fully saturated rings. The van der Waals surface area contributed by atoms with E-state index < -0.39 is 30.5 Å². The highest BCUT2D eigenvalue weighted by molar-refractivity contribution is 6.31. The van der Waals surface area contributed by atoms with E-state index in [-0.39, 0.29) is 26.8 Å². The number of hydrogen-bond acceptors (Lipinski definition) is 5. The summed E-state index contributed by atoms with van der Waals surface area (Å²) >= 11 is 6.00. The van der Waals surface area contributed by atoms with Crippen LogP contribution in [0.3, 0.4) is 0 Å². The molecule has 1 amide bonds. The Labute approximate surface area is 181 Å². The molecule has 1 aliphatic rings. The Kier molecular flexibility index (Phi) is 5.69. The normalized spacial score (nSPS) is 15.1. The Balaban J connectivity index is 0.00000193. The first-order valence-electron chi connectivity index (χ1n) is 9.46. The van der Waals surface area contributed by atoms with E-state index in [9.17, 15) is 22.4 Å². The van der Waals surface area contributed by atoms with Crippen molar-refractivity contribution < 1.29 is 25.2 Å². The monoisotopic (exact) mass is 460 g/mol.